The van der Waals surface area contributed by atoms with Crippen LogP contribution in [-0.4, -0.2) is 24.4 Å². The standard InChI is InChI=1S/C12H12N2O3/c1-17-6-2-3-9-7(4-6)8-5-10(12(15)16)14-11(8)13-9/h2-5,8,11,13-14H,1H3,(H,15,16). The van der Waals surface area contributed by atoms with Crippen molar-refractivity contribution < 1.29 is 14.6 Å². The monoisotopic (exact) mass is 232 g/mol. The molecule has 0 amide bonds. The minimum atomic E-state index is -0.925. The van der Waals surface area contributed by atoms with Crippen LogP contribution in [0.4, 0.5) is 5.69 Å². The fourth-order valence-corrected chi connectivity index (χ4v) is 2.35. The molecule has 2 aliphatic heterocycles. The Morgan fingerprint density at radius 3 is 2.94 bits per heavy atom. The molecule has 88 valence electrons. The summed E-state index contributed by atoms with van der Waals surface area (Å²) in [5.41, 5.74) is 2.34. The number of nitrogens with one attached hydrogen (secondary N) is 2. The van der Waals surface area contributed by atoms with Crippen LogP contribution in [0.1, 0.15) is 11.5 Å². The third-order valence-corrected chi connectivity index (χ3v) is 3.18. The summed E-state index contributed by atoms with van der Waals surface area (Å²) in [6, 6.07) is 5.77. The van der Waals surface area contributed by atoms with Crippen molar-refractivity contribution in [2.75, 3.05) is 12.4 Å². The quantitative estimate of drug-likeness (QED) is 0.712. The third-order valence-electron chi connectivity index (χ3n) is 3.18. The summed E-state index contributed by atoms with van der Waals surface area (Å²) in [7, 11) is 1.62. The molecule has 2 atom stereocenters. The maximum atomic E-state index is 10.9. The first-order chi connectivity index (χ1) is 8.19. The SMILES string of the molecule is COc1ccc2c(c1)C1C=C(C(=O)O)NC1N2. The van der Waals surface area contributed by atoms with E-state index in [9.17, 15) is 4.79 Å². The van der Waals surface area contributed by atoms with Gasteiger partial charge in [0, 0.05) is 11.6 Å². The maximum absolute atomic E-state index is 10.9. The maximum Gasteiger partial charge on any atom is 0.351 e. The molecule has 0 aromatic heterocycles. The zero-order valence-electron chi connectivity index (χ0n) is 9.23. The van der Waals surface area contributed by atoms with Crippen molar-refractivity contribution in [2.24, 2.45) is 0 Å². The van der Waals surface area contributed by atoms with Crippen LogP contribution in [0.2, 0.25) is 0 Å². The molecule has 3 N–H and O–H groups in total. The Hall–Kier alpha value is -2.17. The van der Waals surface area contributed by atoms with Crippen molar-refractivity contribution in [3.63, 3.8) is 0 Å². The van der Waals surface area contributed by atoms with Crippen molar-refractivity contribution in [3.8, 4) is 5.75 Å². The zero-order chi connectivity index (χ0) is 12.0. The van der Waals surface area contributed by atoms with Crippen LogP contribution in [-0.2, 0) is 4.79 Å². The van der Waals surface area contributed by atoms with Gasteiger partial charge in [-0.1, -0.05) is 0 Å². The number of hydrogen-bond donors (Lipinski definition) is 3. The zero-order valence-corrected chi connectivity index (χ0v) is 9.23. The summed E-state index contributed by atoms with van der Waals surface area (Å²) in [4.78, 5) is 10.9. The first-order valence-corrected chi connectivity index (χ1v) is 5.35. The highest BCUT2D eigenvalue weighted by Gasteiger charge is 2.37. The Kier molecular flexibility index (Phi) is 2.01. The Morgan fingerprint density at radius 1 is 1.41 bits per heavy atom. The highest BCUT2D eigenvalue weighted by molar-refractivity contribution is 5.87. The van der Waals surface area contributed by atoms with E-state index in [1.165, 1.54) is 0 Å². The van der Waals surface area contributed by atoms with Crippen molar-refractivity contribution in [1.82, 2.24) is 5.32 Å². The second kappa shape index (κ2) is 3.41. The normalized spacial score (nSPS) is 24.2. The molecule has 2 heterocycles. The predicted octanol–water partition coefficient (Wildman–Crippen LogP) is 1.10. The van der Waals surface area contributed by atoms with E-state index in [-0.39, 0.29) is 17.8 Å². The average Bonchev–Trinajstić information content (AvgIpc) is 2.85. The van der Waals surface area contributed by atoms with Crippen LogP contribution in [0.25, 0.3) is 0 Å². The highest BCUT2D eigenvalue weighted by atomic mass is 16.5. The molecular formula is C12H12N2O3. The van der Waals surface area contributed by atoms with Gasteiger partial charge in [-0.05, 0) is 29.8 Å². The summed E-state index contributed by atoms with van der Waals surface area (Å²) < 4.78 is 5.18. The molecular weight excluding hydrogens is 220 g/mol. The van der Waals surface area contributed by atoms with Crippen molar-refractivity contribution >= 4 is 11.7 Å². The van der Waals surface area contributed by atoms with E-state index < -0.39 is 5.97 Å². The Labute approximate surface area is 98.1 Å². The average molecular weight is 232 g/mol. The summed E-state index contributed by atoms with van der Waals surface area (Å²) in [6.45, 7) is 0. The molecule has 3 rings (SSSR count). The first-order valence-electron chi connectivity index (χ1n) is 5.35. The fraction of sp³-hybridized carbons (Fsp3) is 0.250. The van der Waals surface area contributed by atoms with Gasteiger partial charge >= 0.3 is 5.97 Å². The number of rotatable bonds is 2. The molecule has 0 fully saturated rings. The smallest absolute Gasteiger partial charge is 0.351 e. The first kappa shape index (κ1) is 10.0. The highest BCUT2D eigenvalue weighted by Crippen LogP contribution is 2.41. The molecule has 5 heteroatoms. The summed E-state index contributed by atoms with van der Waals surface area (Å²) in [5, 5.41) is 15.1. The lowest BCUT2D eigenvalue weighted by atomic mass is 10.00. The van der Waals surface area contributed by atoms with Crippen molar-refractivity contribution in [1.29, 1.82) is 0 Å². The molecule has 0 saturated carbocycles. The van der Waals surface area contributed by atoms with E-state index in [1.54, 1.807) is 13.2 Å². The fourth-order valence-electron chi connectivity index (χ4n) is 2.35. The van der Waals surface area contributed by atoms with E-state index in [0.717, 1.165) is 17.0 Å². The van der Waals surface area contributed by atoms with E-state index in [1.807, 2.05) is 18.2 Å². The molecule has 17 heavy (non-hydrogen) atoms. The second-order valence-corrected chi connectivity index (χ2v) is 4.13. The Morgan fingerprint density at radius 2 is 2.24 bits per heavy atom. The van der Waals surface area contributed by atoms with Crippen LogP contribution in [0, 0.1) is 0 Å². The molecule has 1 aromatic rings. The van der Waals surface area contributed by atoms with Crippen LogP contribution >= 0.6 is 0 Å². The molecule has 0 aliphatic carbocycles. The minimum Gasteiger partial charge on any atom is -0.497 e. The van der Waals surface area contributed by atoms with Crippen LogP contribution < -0.4 is 15.4 Å². The van der Waals surface area contributed by atoms with Crippen LogP contribution in [0.5, 0.6) is 5.75 Å². The summed E-state index contributed by atoms with van der Waals surface area (Å²) in [5.74, 6) is -0.0970. The van der Waals surface area contributed by atoms with Crippen LogP contribution in [0.3, 0.4) is 0 Å². The lowest BCUT2D eigenvalue weighted by molar-refractivity contribution is -0.133. The summed E-state index contributed by atoms with van der Waals surface area (Å²) in [6.07, 6.45) is 1.67. The molecule has 1 aromatic carbocycles. The van der Waals surface area contributed by atoms with Gasteiger partial charge in [0.25, 0.3) is 0 Å². The largest absolute Gasteiger partial charge is 0.497 e. The van der Waals surface area contributed by atoms with E-state index in [4.69, 9.17) is 9.84 Å². The van der Waals surface area contributed by atoms with Gasteiger partial charge < -0.3 is 20.5 Å². The van der Waals surface area contributed by atoms with E-state index in [0.29, 0.717) is 0 Å². The number of carboxylic acid groups (broad SMARTS) is 1. The molecule has 5 nitrogen and oxygen atoms in total. The third kappa shape index (κ3) is 1.43. The molecule has 0 radical (unpaired) electrons. The predicted molar refractivity (Wildman–Crippen MR) is 62.0 cm³/mol. The lowest BCUT2D eigenvalue weighted by Crippen LogP contribution is -2.32. The molecule has 2 unspecified atom stereocenters. The number of ether oxygens (including phenoxy) is 1. The van der Waals surface area contributed by atoms with Gasteiger partial charge in [-0.25, -0.2) is 4.79 Å². The number of aliphatic carboxylic acids is 1. The Bertz CT molecular complexity index is 524. The van der Waals surface area contributed by atoms with Gasteiger partial charge in [0.2, 0.25) is 0 Å². The van der Waals surface area contributed by atoms with Gasteiger partial charge in [0.05, 0.1) is 7.11 Å². The number of hydrogen-bond acceptors (Lipinski definition) is 4. The number of anilines is 1. The Balaban J connectivity index is 2.00. The topological polar surface area (TPSA) is 70.6 Å². The summed E-state index contributed by atoms with van der Waals surface area (Å²) >= 11 is 0. The van der Waals surface area contributed by atoms with Gasteiger partial charge in [0.15, 0.2) is 0 Å². The molecule has 0 bridgehead atoms. The van der Waals surface area contributed by atoms with Gasteiger partial charge in [-0.2, -0.15) is 0 Å². The van der Waals surface area contributed by atoms with E-state index >= 15 is 0 Å². The van der Waals surface area contributed by atoms with Crippen LogP contribution in [0.15, 0.2) is 30.0 Å². The number of fused-ring (bicyclic) bond motifs is 3. The second-order valence-electron chi connectivity index (χ2n) is 4.13. The van der Waals surface area contributed by atoms with Gasteiger partial charge in [-0.3, -0.25) is 0 Å². The van der Waals surface area contributed by atoms with E-state index in [2.05, 4.69) is 10.6 Å². The molecule has 0 saturated heterocycles. The van der Waals surface area contributed by atoms with Gasteiger partial charge in [-0.15, -0.1) is 0 Å². The number of carboxylic acids is 1. The van der Waals surface area contributed by atoms with Crippen molar-refractivity contribution in [3.05, 3.63) is 35.5 Å². The lowest BCUT2D eigenvalue weighted by Gasteiger charge is -2.11. The number of benzene rings is 1. The van der Waals surface area contributed by atoms with Crippen molar-refractivity contribution in [2.45, 2.75) is 12.1 Å². The number of carbonyl (C=O) groups is 1. The minimum absolute atomic E-state index is 0.0474. The molecule has 0 spiro atoms. The molecule has 2 aliphatic rings. The van der Waals surface area contributed by atoms with Gasteiger partial charge in [0.1, 0.15) is 17.6 Å². The number of methoxy groups -OCH3 is 1.